The maximum absolute atomic E-state index is 13.3. The molecule has 2 rings (SSSR count). The summed E-state index contributed by atoms with van der Waals surface area (Å²) in [5.41, 5.74) is 1.21. The van der Waals surface area contributed by atoms with E-state index in [0.29, 0.717) is 20.6 Å². The third kappa shape index (κ3) is 3.58. The summed E-state index contributed by atoms with van der Waals surface area (Å²) in [5.74, 6) is -2.13. The van der Waals surface area contributed by atoms with Crippen molar-refractivity contribution in [2.75, 3.05) is 0 Å². The molecule has 104 valence electrons. The van der Waals surface area contributed by atoms with E-state index in [-0.39, 0.29) is 6.42 Å². The van der Waals surface area contributed by atoms with Crippen LogP contribution in [0.25, 0.3) is 0 Å². The van der Waals surface area contributed by atoms with E-state index < -0.39 is 17.7 Å². The van der Waals surface area contributed by atoms with Gasteiger partial charge in [0.1, 0.15) is 5.82 Å². The van der Waals surface area contributed by atoms with Gasteiger partial charge in [-0.15, -0.1) is 0 Å². The molecule has 0 aliphatic rings. The normalized spacial score (nSPS) is 12.2. The Bertz CT molecular complexity index is 646. The minimum Gasteiger partial charge on any atom is -0.481 e. The van der Waals surface area contributed by atoms with E-state index in [9.17, 15) is 14.3 Å². The summed E-state index contributed by atoms with van der Waals surface area (Å²) in [4.78, 5) is 11.5. The quantitative estimate of drug-likeness (QED) is 0.864. The smallest absolute Gasteiger partial charge is 0.311 e. The van der Waals surface area contributed by atoms with Crippen LogP contribution in [-0.4, -0.2) is 11.1 Å². The Morgan fingerprint density at radius 1 is 1.30 bits per heavy atom. The number of rotatable bonds is 4. The molecular formula is C15H11BrClFO2. The number of halogens is 3. The lowest BCUT2D eigenvalue weighted by Crippen LogP contribution is -2.14. The second-order valence-electron chi connectivity index (χ2n) is 4.39. The molecule has 20 heavy (non-hydrogen) atoms. The first kappa shape index (κ1) is 15.0. The van der Waals surface area contributed by atoms with Crippen molar-refractivity contribution in [1.29, 1.82) is 0 Å². The number of carboxylic acids is 1. The molecule has 0 saturated carbocycles. The summed E-state index contributed by atoms with van der Waals surface area (Å²) in [6, 6.07) is 10.9. The predicted molar refractivity (Wildman–Crippen MR) is 79.6 cm³/mol. The van der Waals surface area contributed by atoms with Crippen molar-refractivity contribution >= 4 is 33.5 Å². The van der Waals surface area contributed by atoms with E-state index in [1.807, 2.05) is 0 Å². The van der Waals surface area contributed by atoms with Crippen LogP contribution in [0, 0.1) is 5.82 Å². The number of aliphatic carboxylic acids is 1. The maximum atomic E-state index is 13.3. The van der Waals surface area contributed by atoms with Gasteiger partial charge in [-0.25, -0.2) is 4.39 Å². The largest absolute Gasteiger partial charge is 0.481 e. The molecule has 0 spiro atoms. The van der Waals surface area contributed by atoms with Crippen LogP contribution in [-0.2, 0) is 11.2 Å². The molecule has 0 fully saturated rings. The average Bonchev–Trinajstić information content (AvgIpc) is 2.39. The number of hydrogen-bond acceptors (Lipinski definition) is 1. The maximum Gasteiger partial charge on any atom is 0.311 e. The lowest BCUT2D eigenvalue weighted by atomic mass is 9.92. The first-order chi connectivity index (χ1) is 9.47. The standard InChI is InChI=1S/C15H11BrClFO2/c16-14-5-4-12(18)7-10(14)8-13(15(19)20)9-2-1-3-11(17)6-9/h1-7,13H,8H2,(H,19,20). The van der Waals surface area contributed by atoms with Crippen molar-refractivity contribution in [2.45, 2.75) is 12.3 Å². The molecule has 0 aromatic heterocycles. The zero-order chi connectivity index (χ0) is 14.7. The van der Waals surface area contributed by atoms with Crippen molar-refractivity contribution in [3.8, 4) is 0 Å². The van der Waals surface area contributed by atoms with Gasteiger partial charge >= 0.3 is 5.97 Å². The van der Waals surface area contributed by atoms with Crippen LogP contribution in [0.2, 0.25) is 5.02 Å². The van der Waals surface area contributed by atoms with Crippen molar-refractivity contribution < 1.29 is 14.3 Å². The van der Waals surface area contributed by atoms with E-state index in [0.717, 1.165) is 0 Å². The lowest BCUT2D eigenvalue weighted by molar-refractivity contribution is -0.138. The Balaban J connectivity index is 2.35. The van der Waals surface area contributed by atoms with Crippen molar-refractivity contribution in [1.82, 2.24) is 0 Å². The van der Waals surface area contributed by atoms with Crippen LogP contribution in [0.15, 0.2) is 46.9 Å². The molecule has 0 heterocycles. The first-order valence-electron chi connectivity index (χ1n) is 5.89. The van der Waals surface area contributed by atoms with Gasteiger partial charge in [0.25, 0.3) is 0 Å². The summed E-state index contributed by atoms with van der Waals surface area (Å²) >= 11 is 9.20. The second kappa shape index (κ2) is 6.37. The Hall–Kier alpha value is -1.39. The summed E-state index contributed by atoms with van der Waals surface area (Å²) < 4.78 is 14.0. The molecule has 2 nitrogen and oxygen atoms in total. The van der Waals surface area contributed by atoms with Crippen LogP contribution in [0.4, 0.5) is 4.39 Å². The number of hydrogen-bond donors (Lipinski definition) is 1. The number of benzene rings is 2. The van der Waals surface area contributed by atoms with Crippen molar-refractivity contribution in [3.05, 3.63) is 68.9 Å². The highest BCUT2D eigenvalue weighted by Crippen LogP contribution is 2.27. The van der Waals surface area contributed by atoms with E-state index >= 15 is 0 Å². The Labute approximate surface area is 129 Å². The van der Waals surface area contributed by atoms with Gasteiger partial charge in [0.15, 0.2) is 0 Å². The minimum absolute atomic E-state index is 0.189. The zero-order valence-corrected chi connectivity index (χ0v) is 12.7. The zero-order valence-electron chi connectivity index (χ0n) is 10.3. The van der Waals surface area contributed by atoms with Crippen molar-refractivity contribution in [2.24, 2.45) is 0 Å². The number of carboxylic acid groups (broad SMARTS) is 1. The van der Waals surface area contributed by atoms with Gasteiger partial charge in [0, 0.05) is 9.50 Å². The minimum atomic E-state index is -0.969. The monoisotopic (exact) mass is 356 g/mol. The third-order valence-electron chi connectivity index (χ3n) is 2.98. The molecule has 0 radical (unpaired) electrons. The highest BCUT2D eigenvalue weighted by molar-refractivity contribution is 9.10. The Morgan fingerprint density at radius 3 is 2.70 bits per heavy atom. The van der Waals surface area contributed by atoms with Gasteiger partial charge in [0.2, 0.25) is 0 Å². The van der Waals surface area contributed by atoms with Gasteiger partial charge < -0.3 is 5.11 Å². The van der Waals surface area contributed by atoms with E-state index in [2.05, 4.69) is 15.9 Å². The first-order valence-corrected chi connectivity index (χ1v) is 7.06. The Morgan fingerprint density at radius 2 is 2.05 bits per heavy atom. The molecule has 1 atom stereocenters. The third-order valence-corrected chi connectivity index (χ3v) is 3.99. The molecular weight excluding hydrogens is 347 g/mol. The van der Waals surface area contributed by atoms with Crippen molar-refractivity contribution in [3.63, 3.8) is 0 Å². The van der Waals surface area contributed by atoms with Gasteiger partial charge in [-0.1, -0.05) is 39.7 Å². The molecule has 2 aromatic carbocycles. The van der Waals surface area contributed by atoms with Crippen LogP contribution >= 0.6 is 27.5 Å². The molecule has 0 saturated heterocycles. The fourth-order valence-electron chi connectivity index (χ4n) is 1.99. The summed E-state index contributed by atoms with van der Waals surface area (Å²) in [5, 5.41) is 9.87. The SMILES string of the molecule is O=C(O)C(Cc1cc(F)ccc1Br)c1cccc(Cl)c1. The topological polar surface area (TPSA) is 37.3 Å². The molecule has 2 aromatic rings. The van der Waals surface area contributed by atoms with E-state index in [1.165, 1.54) is 12.1 Å². The fourth-order valence-corrected chi connectivity index (χ4v) is 2.60. The highest BCUT2D eigenvalue weighted by atomic mass is 79.9. The predicted octanol–water partition coefficient (Wildman–Crippen LogP) is 4.65. The second-order valence-corrected chi connectivity index (χ2v) is 5.68. The molecule has 1 unspecified atom stereocenters. The van der Waals surface area contributed by atoms with E-state index in [4.69, 9.17) is 11.6 Å². The summed E-state index contributed by atoms with van der Waals surface area (Å²) in [6.07, 6.45) is 0.189. The van der Waals surface area contributed by atoms with Gasteiger partial charge in [-0.05, 0) is 47.9 Å². The van der Waals surface area contributed by atoms with E-state index in [1.54, 1.807) is 30.3 Å². The highest BCUT2D eigenvalue weighted by Gasteiger charge is 2.21. The molecule has 0 aliphatic carbocycles. The van der Waals surface area contributed by atoms with Gasteiger partial charge in [-0.2, -0.15) is 0 Å². The molecule has 0 aliphatic heterocycles. The lowest BCUT2D eigenvalue weighted by Gasteiger charge is -2.14. The van der Waals surface area contributed by atoms with Crippen LogP contribution in [0.5, 0.6) is 0 Å². The van der Waals surface area contributed by atoms with Gasteiger partial charge in [-0.3, -0.25) is 4.79 Å². The fraction of sp³-hybridized carbons (Fsp3) is 0.133. The average molecular weight is 358 g/mol. The number of carbonyl (C=O) groups is 1. The molecule has 0 amide bonds. The summed E-state index contributed by atoms with van der Waals surface area (Å²) in [7, 11) is 0. The van der Waals surface area contributed by atoms with Gasteiger partial charge in [0.05, 0.1) is 5.92 Å². The Kier molecular flexibility index (Phi) is 4.78. The van der Waals surface area contributed by atoms with Crippen LogP contribution in [0.3, 0.4) is 0 Å². The molecule has 0 bridgehead atoms. The van der Waals surface area contributed by atoms with Crippen LogP contribution < -0.4 is 0 Å². The molecule has 1 N–H and O–H groups in total. The molecule has 5 heteroatoms. The summed E-state index contributed by atoms with van der Waals surface area (Å²) in [6.45, 7) is 0. The van der Waals surface area contributed by atoms with Crippen LogP contribution in [0.1, 0.15) is 17.0 Å².